The number of H-pyrrole nitrogens is 1. The first-order valence-electron chi connectivity index (χ1n) is 8.74. The molecule has 0 aliphatic rings. The molecule has 1 heterocycles. The lowest BCUT2D eigenvalue weighted by molar-refractivity contribution is -0.146. The summed E-state index contributed by atoms with van der Waals surface area (Å²) in [4.78, 5) is 51.2. The quantitative estimate of drug-likeness (QED) is 0.567. The van der Waals surface area contributed by atoms with Gasteiger partial charge in [-0.15, -0.1) is 0 Å². The highest BCUT2D eigenvalue weighted by Gasteiger charge is 2.26. The average molecular weight is 369 g/mol. The maximum absolute atomic E-state index is 12.6. The number of ether oxygens (including phenoxy) is 1. The van der Waals surface area contributed by atoms with Crippen LogP contribution < -0.4 is 0 Å². The molecule has 2 aromatic rings. The normalized spacial score (nSPS) is 11.7. The summed E-state index contributed by atoms with van der Waals surface area (Å²) in [6.45, 7) is 6.31. The molecule has 1 unspecified atom stereocenters. The van der Waals surface area contributed by atoms with E-state index in [1.165, 1.54) is 13.8 Å². The molecule has 0 aliphatic carbocycles. The van der Waals surface area contributed by atoms with Gasteiger partial charge in [-0.25, -0.2) is 0 Å². The van der Waals surface area contributed by atoms with Crippen molar-refractivity contribution in [3.8, 4) is 0 Å². The third-order valence-electron chi connectivity index (χ3n) is 4.37. The van der Waals surface area contributed by atoms with E-state index in [4.69, 9.17) is 4.74 Å². The van der Waals surface area contributed by atoms with E-state index >= 15 is 0 Å². The Bertz CT molecular complexity index is 879. The van der Waals surface area contributed by atoms with Crippen LogP contribution in [0.15, 0.2) is 30.3 Å². The van der Waals surface area contributed by atoms with Crippen molar-refractivity contribution >= 4 is 23.3 Å². The van der Waals surface area contributed by atoms with Gasteiger partial charge in [-0.1, -0.05) is 30.3 Å². The maximum atomic E-state index is 12.6. The summed E-state index contributed by atoms with van der Waals surface area (Å²) in [7, 11) is 0. The van der Waals surface area contributed by atoms with E-state index in [1.54, 1.807) is 44.2 Å². The summed E-state index contributed by atoms with van der Waals surface area (Å²) in [6.07, 6.45) is -1.10. The van der Waals surface area contributed by atoms with E-state index in [2.05, 4.69) is 4.98 Å². The first-order chi connectivity index (χ1) is 12.7. The molecule has 0 fully saturated rings. The minimum atomic E-state index is -1.01. The molecule has 1 aromatic heterocycles. The second-order valence-corrected chi connectivity index (χ2v) is 6.47. The molecular weight excluding hydrogens is 346 g/mol. The van der Waals surface area contributed by atoms with Crippen LogP contribution in [-0.4, -0.2) is 34.4 Å². The van der Waals surface area contributed by atoms with Gasteiger partial charge in [0.1, 0.15) is 0 Å². The molecule has 0 amide bonds. The molecule has 0 radical (unpaired) electrons. The van der Waals surface area contributed by atoms with Crippen LogP contribution in [0.2, 0.25) is 0 Å². The number of esters is 1. The molecule has 27 heavy (non-hydrogen) atoms. The molecule has 0 aliphatic heterocycles. The summed E-state index contributed by atoms with van der Waals surface area (Å²) in [5, 5.41) is 0. The Kier molecular flexibility index (Phi) is 6.45. The number of hydrogen-bond acceptors (Lipinski definition) is 5. The summed E-state index contributed by atoms with van der Waals surface area (Å²) in [5.41, 5.74) is 2.43. The number of Topliss-reactive ketones (excluding diaryl/α,β-unsaturated/α-hetero) is 3. The molecular formula is C21H23NO5. The lowest BCUT2D eigenvalue weighted by atomic mass is 10.0. The number of aromatic nitrogens is 1. The lowest BCUT2D eigenvalue weighted by Gasteiger charge is -2.12. The van der Waals surface area contributed by atoms with Crippen molar-refractivity contribution in [3.63, 3.8) is 0 Å². The summed E-state index contributed by atoms with van der Waals surface area (Å²) < 4.78 is 5.17. The zero-order valence-corrected chi connectivity index (χ0v) is 15.9. The number of carbonyl (C=O) groups excluding carboxylic acids is 4. The van der Waals surface area contributed by atoms with Crippen LogP contribution in [0.5, 0.6) is 0 Å². The first kappa shape index (κ1) is 20.3. The number of ketones is 3. The van der Waals surface area contributed by atoms with Crippen molar-refractivity contribution in [2.24, 2.45) is 0 Å². The number of benzene rings is 1. The Morgan fingerprint density at radius 2 is 1.67 bits per heavy atom. The van der Waals surface area contributed by atoms with Crippen LogP contribution in [-0.2, 0) is 9.53 Å². The molecule has 2 rings (SSSR count). The fraction of sp³-hybridized carbons (Fsp3) is 0.333. The molecule has 0 saturated heterocycles. The van der Waals surface area contributed by atoms with Crippen molar-refractivity contribution < 1.29 is 23.9 Å². The van der Waals surface area contributed by atoms with Gasteiger partial charge in [0.05, 0.1) is 12.1 Å². The van der Waals surface area contributed by atoms with Gasteiger partial charge in [-0.2, -0.15) is 0 Å². The number of aryl methyl sites for hydroxylation is 1. The van der Waals surface area contributed by atoms with Crippen LogP contribution in [0.3, 0.4) is 0 Å². The number of hydrogen-bond donors (Lipinski definition) is 1. The second-order valence-electron chi connectivity index (χ2n) is 6.47. The van der Waals surface area contributed by atoms with Gasteiger partial charge >= 0.3 is 5.97 Å². The standard InChI is InChI=1S/C21H23NO5/c1-12-19(14(3)23)13(2)22-20(12)21(26)15(4)27-18(25)11-10-17(24)16-8-6-5-7-9-16/h5-9,15,22H,10-11H2,1-4H3. The van der Waals surface area contributed by atoms with Gasteiger partial charge < -0.3 is 9.72 Å². The average Bonchev–Trinajstić information content (AvgIpc) is 2.94. The van der Waals surface area contributed by atoms with Gasteiger partial charge in [0.15, 0.2) is 17.7 Å². The predicted molar refractivity (Wildman–Crippen MR) is 100 cm³/mol. The van der Waals surface area contributed by atoms with Gasteiger partial charge in [0, 0.05) is 23.2 Å². The van der Waals surface area contributed by atoms with Crippen molar-refractivity contribution in [3.05, 3.63) is 58.4 Å². The third-order valence-corrected chi connectivity index (χ3v) is 4.37. The number of carbonyl (C=O) groups is 4. The number of nitrogens with one attached hydrogen (secondary N) is 1. The number of aromatic amines is 1. The zero-order chi connectivity index (χ0) is 20.1. The Labute approximate surface area is 157 Å². The smallest absolute Gasteiger partial charge is 0.306 e. The van der Waals surface area contributed by atoms with Crippen LogP contribution in [0, 0.1) is 13.8 Å². The van der Waals surface area contributed by atoms with E-state index in [0.29, 0.717) is 22.4 Å². The van der Waals surface area contributed by atoms with Gasteiger partial charge in [-0.05, 0) is 33.3 Å². The summed E-state index contributed by atoms with van der Waals surface area (Å²) in [5.74, 6) is -1.32. The van der Waals surface area contributed by atoms with E-state index in [9.17, 15) is 19.2 Å². The van der Waals surface area contributed by atoms with Crippen molar-refractivity contribution in [1.82, 2.24) is 4.98 Å². The Balaban J connectivity index is 1.96. The fourth-order valence-corrected chi connectivity index (χ4v) is 3.02. The molecule has 142 valence electrons. The minimum Gasteiger partial charge on any atom is -0.454 e. The number of rotatable bonds is 8. The van der Waals surface area contributed by atoms with E-state index in [-0.39, 0.29) is 30.1 Å². The molecule has 6 nitrogen and oxygen atoms in total. The van der Waals surface area contributed by atoms with Crippen LogP contribution in [0.25, 0.3) is 0 Å². The molecule has 1 N–H and O–H groups in total. The molecule has 0 bridgehead atoms. The second kappa shape index (κ2) is 8.58. The SMILES string of the molecule is CC(=O)c1c(C)[nH]c(C(=O)C(C)OC(=O)CCC(=O)c2ccccc2)c1C. The topological polar surface area (TPSA) is 93.3 Å². The molecule has 6 heteroatoms. The Morgan fingerprint density at radius 1 is 1.04 bits per heavy atom. The fourth-order valence-electron chi connectivity index (χ4n) is 3.02. The third kappa shape index (κ3) is 4.78. The monoisotopic (exact) mass is 369 g/mol. The van der Waals surface area contributed by atoms with E-state index in [1.807, 2.05) is 0 Å². The highest BCUT2D eigenvalue weighted by molar-refractivity contribution is 6.05. The van der Waals surface area contributed by atoms with Crippen LogP contribution in [0.1, 0.15) is 69.2 Å². The Morgan fingerprint density at radius 3 is 2.22 bits per heavy atom. The van der Waals surface area contributed by atoms with Crippen LogP contribution >= 0.6 is 0 Å². The Hall–Kier alpha value is -3.02. The zero-order valence-electron chi connectivity index (χ0n) is 15.9. The molecule has 0 spiro atoms. The molecule has 1 atom stereocenters. The predicted octanol–water partition coefficient (Wildman–Crippen LogP) is 3.61. The lowest BCUT2D eigenvalue weighted by Crippen LogP contribution is -2.25. The van der Waals surface area contributed by atoms with E-state index < -0.39 is 17.9 Å². The highest BCUT2D eigenvalue weighted by atomic mass is 16.5. The van der Waals surface area contributed by atoms with Gasteiger partial charge in [-0.3, -0.25) is 19.2 Å². The molecule has 0 saturated carbocycles. The van der Waals surface area contributed by atoms with Crippen molar-refractivity contribution in [1.29, 1.82) is 0 Å². The first-order valence-corrected chi connectivity index (χ1v) is 8.74. The summed E-state index contributed by atoms with van der Waals surface area (Å²) in [6, 6.07) is 8.68. The van der Waals surface area contributed by atoms with E-state index in [0.717, 1.165) is 0 Å². The molecule has 1 aromatic carbocycles. The highest BCUT2D eigenvalue weighted by Crippen LogP contribution is 2.20. The van der Waals surface area contributed by atoms with Crippen molar-refractivity contribution in [2.45, 2.75) is 46.6 Å². The minimum absolute atomic E-state index is 0.0128. The largest absolute Gasteiger partial charge is 0.454 e. The van der Waals surface area contributed by atoms with Crippen LogP contribution in [0.4, 0.5) is 0 Å². The van der Waals surface area contributed by atoms with Gasteiger partial charge in [0.2, 0.25) is 5.78 Å². The van der Waals surface area contributed by atoms with Crippen molar-refractivity contribution in [2.75, 3.05) is 0 Å². The maximum Gasteiger partial charge on any atom is 0.306 e. The van der Waals surface area contributed by atoms with Gasteiger partial charge in [0.25, 0.3) is 0 Å². The summed E-state index contributed by atoms with van der Waals surface area (Å²) >= 11 is 0.